The van der Waals surface area contributed by atoms with Gasteiger partial charge >= 0.3 is 5.97 Å². The number of phenolic OH excluding ortho intramolecular Hbond substituents is 1. The summed E-state index contributed by atoms with van der Waals surface area (Å²) in [5.74, 6) is -1.85. The van der Waals surface area contributed by atoms with Gasteiger partial charge in [-0.15, -0.1) is 0 Å². The van der Waals surface area contributed by atoms with Crippen molar-refractivity contribution in [3.63, 3.8) is 0 Å². The SMILES string of the molecule is CCCCC(C)(C)CCNc1ccc(C(=O)c2ccccc2C(=O)O)c(O)c1. The molecule has 0 radical (unpaired) electrons. The minimum atomic E-state index is -1.17. The van der Waals surface area contributed by atoms with Crippen LogP contribution in [0.3, 0.4) is 0 Å². The van der Waals surface area contributed by atoms with E-state index in [0.717, 1.165) is 18.7 Å². The number of phenols is 1. The van der Waals surface area contributed by atoms with E-state index in [0.29, 0.717) is 0 Å². The Morgan fingerprint density at radius 2 is 1.68 bits per heavy atom. The van der Waals surface area contributed by atoms with Crippen LogP contribution in [-0.4, -0.2) is 28.5 Å². The molecule has 2 rings (SSSR count). The number of benzene rings is 2. The zero-order chi connectivity index (χ0) is 20.7. The average molecular weight is 383 g/mol. The fraction of sp³-hybridized carbons (Fsp3) is 0.391. The van der Waals surface area contributed by atoms with Crippen LogP contribution in [0.15, 0.2) is 42.5 Å². The highest BCUT2D eigenvalue weighted by Gasteiger charge is 2.20. The van der Waals surface area contributed by atoms with Crippen molar-refractivity contribution in [3.05, 3.63) is 59.2 Å². The number of ketones is 1. The lowest BCUT2D eigenvalue weighted by Gasteiger charge is -2.24. The van der Waals surface area contributed by atoms with Gasteiger partial charge in [-0.1, -0.05) is 51.8 Å². The van der Waals surface area contributed by atoms with Gasteiger partial charge in [0.25, 0.3) is 0 Å². The van der Waals surface area contributed by atoms with Crippen molar-refractivity contribution < 1.29 is 19.8 Å². The molecule has 5 heteroatoms. The van der Waals surface area contributed by atoms with Gasteiger partial charge in [0.1, 0.15) is 5.75 Å². The van der Waals surface area contributed by atoms with E-state index in [1.165, 1.54) is 43.5 Å². The lowest BCUT2D eigenvalue weighted by atomic mass is 9.84. The Bertz CT molecular complexity index is 842. The lowest BCUT2D eigenvalue weighted by Crippen LogP contribution is -2.17. The van der Waals surface area contributed by atoms with Crippen molar-refractivity contribution in [2.75, 3.05) is 11.9 Å². The quantitative estimate of drug-likeness (QED) is 0.482. The average Bonchev–Trinajstić information content (AvgIpc) is 2.66. The van der Waals surface area contributed by atoms with Gasteiger partial charge in [0.05, 0.1) is 11.1 Å². The number of unbranched alkanes of at least 4 members (excludes halogenated alkanes) is 1. The summed E-state index contributed by atoms with van der Waals surface area (Å²) < 4.78 is 0. The number of carbonyl (C=O) groups excluding carboxylic acids is 1. The molecule has 0 bridgehead atoms. The predicted molar refractivity (Wildman–Crippen MR) is 111 cm³/mol. The summed E-state index contributed by atoms with van der Waals surface area (Å²) in [5, 5.41) is 22.9. The Morgan fingerprint density at radius 3 is 2.29 bits per heavy atom. The number of aromatic hydroxyl groups is 1. The lowest BCUT2D eigenvalue weighted by molar-refractivity contribution is 0.0692. The summed E-state index contributed by atoms with van der Waals surface area (Å²) in [6, 6.07) is 10.8. The molecule has 0 spiro atoms. The van der Waals surface area contributed by atoms with Gasteiger partial charge in [0, 0.05) is 23.9 Å². The van der Waals surface area contributed by atoms with Crippen molar-refractivity contribution in [2.24, 2.45) is 5.41 Å². The normalized spacial score (nSPS) is 11.2. The van der Waals surface area contributed by atoms with Gasteiger partial charge < -0.3 is 15.5 Å². The first-order chi connectivity index (χ1) is 13.2. The molecule has 0 heterocycles. The Kier molecular flexibility index (Phi) is 7.21. The Balaban J connectivity index is 2.08. The van der Waals surface area contributed by atoms with Crippen LogP contribution < -0.4 is 5.32 Å². The summed E-state index contributed by atoms with van der Waals surface area (Å²) in [5.41, 5.74) is 1.04. The van der Waals surface area contributed by atoms with E-state index in [9.17, 15) is 19.8 Å². The van der Waals surface area contributed by atoms with Gasteiger partial charge in [-0.05, 0) is 36.5 Å². The van der Waals surface area contributed by atoms with E-state index >= 15 is 0 Å². The molecule has 3 N–H and O–H groups in total. The van der Waals surface area contributed by atoms with E-state index in [4.69, 9.17) is 0 Å². The summed E-state index contributed by atoms with van der Waals surface area (Å²) in [6.45, 7) is 7.47. The van der Waals surface area contributed by atoms with E-state index in [1.54, 1.807) is 18.2 Å². The molecule has 0 fully saturated rings. The van der Waals surface area contributed by atoms with E-state index < -0.39 is 11.8 Å². The van der Waals surface area contributed by atoms with Crippen molar-refractivity contribution >= 4 is 17.4 Å². The molecule has 0 aliphatic heterocycles. The molecular weight excluding hydrogens is 354 g/mol. The van der Waals surface area contributed by atoms with Gasteiger partial charge in [-0.25, -0.2) is 4.79 Å². The first kappa shape index (κ1) is 21.5. The van der Waals surface area contributed by atoms with Crippen LogP contribution >= 0.6 is 0 Å². The molecular formula is C23H29NO4. The second-order valence-corrected chi connectivity index (χ2v) is 7.86. The minimum Gasteiger partial charge on any atom is -0.507 e. The first-order valence-electron chi connectivity index (χ1n) is 9.69. The predicted octanol–water partition coefficient (Wildman–Crippen LogP) is 5.34. The molecule has 0 saturated carbocycles. The third kappa shape index (κ3) is 5.59. The standard InChI is InChI=1S/C23H29NO4/c1-4-5-12-23(2,3)13-14-24-16-10-11-19(20(25)15-16)21(26)17-8-6-7-9-18(17)22(27)28/h6-11,15,24-25H,4-5,12-14H2,1-3H3,(H,27,28). The van der Waals surface area contributed by atoms with Gasteiger partial charge in [0.2, 0.25) is 0 Å². The number of anilines is 1. The number of rotatable bonds is 10. The van der Waals surface area contributed by atoms with Gasteiger partial charge in [0.15, 0.2) is 5.78 Å². The number of aromatic carboxylic acids is 1. The molecule has 2 aromatic carbocycles. The van der Waals surface area contributed by atoms with Crippen LogP contribution in [0.4, 0.5) is 5.69 Å². The van der Waals surface area contributed by atoms with Crippen LogP contribution in [0.2, 0.25) is 0 Å². The topological polar surface area (TPSA) is 86.6 Å². The third-order valence-electron chi connectivity index (χ3n) is 4.98. The second-order valence-electron chi connectivity index (χ2n) is 7.86. The summed E-state index contributed by atoms with van der Waals surface area (Å²) in [4.78, 5) is 24.0. The third-order valence-corrected chi connectivity index (χ3v) is 4.98. The van der Waals surface area contributed by atoms with Crippen LogP contribution in [0, 0.1) is 5.41 Å². The number of carbonyl (C=O) groups is 2. The number of hydrogen-bond donors (Lipinski definition) is 3. The fourth-order valence-electron chi connectivity index (χ4n) is 3.17. The largest absolute Gasteiger partial charge is 0.507 e. The second kappa shape index (κ2) is 9.40. The molecule has 0 aromatic heterocycles. The molecule has 2 aromatic rings. The monoisotopic (exact) mass is 383 g/mol. The number of carboxylic acids is 1. The summed E-state index contributed by atoms with van der Waals surface area (Å²) in [7, 11) is 0. The van der Waals surface area contributed by atoms with Crippen LogP contribution in [-0.2, 0) is 0 Å². The number of hydrogen-bond acceptors (Lipinski definition) is 4. The highest BCUT2D eigenvalue weighted by atomic mass is 16.4. The van der Waals surface area contributed by atoms with Crippen molar-refractivity contribution in [1.29, 1.82) is 0 Å². The zero-order valence-electron chi connectivity index (χ0n) is 16.8. The first-order valence-corrected chi connectivity index (χ1v) is 9.69. The molecule has 5 nitrogen and oxygen atoms in total. The summed E-state index contributed by atoms with van der Waals surface area (Å²) in [6.07, 6.45) is 4.57. The molecule has 0 unspecified atom stereocenters. The molecule has 0 amide bonds. The van der Waals surface area contributed by atoms with Crippen molar-refractivity contribution in [1.82, 2.24) is 0 Å². The Hall–Kier alpha value is -2.82. The van der Waals surface area contributed by atoms with E-state index in [-0.39, 0.29) is 27.9 Å². The highest BCUT2D eigenvalue weighted by molar-refractivity contribution is 6.15. The highest BCUT2D eigenvalue weighted by Crippen LogP contribution is 2.29. The van der Waals surface area contributed by atoms with Crippen LogP contribution in [0.25, 0.3) is 0 Å². The maximum atomic E-state index is 12.7. The van der Waals surface area contributed by atoms with Crippen molar-refractivity contribution in [2.45, 2.75) is 46.5 Å². The minimum absolute atomic E-state index is 0.0590. The van der Waals surface area contributed by atoms with Gasteiger partial charge in [-0.3, -0.25) is 4.79 Å². The van der Waals surface area contributed by atoms with E-state index in [1.807, 2.05) is 0 Å². The Labute approximate surface area is 166 Å². The van der Waals surface area contributed by atoms with E-state index in [2.05, 4.69) is 26.1 Å². The van der Waals surface area contributed by atoms with Crippen LogP contribution in [0.5, 0.6) is 5.75 Å². The maximum absolute atomic E-state index is 12.7. The number of nitrogens with one attached hydrogen (secondary N) is 1. The van der Waals surface area contributed by atoms with Crippen molar-refractivity contribution in [3.8, 4) is 5.75 Å². The summed E-state index contributed by atoms with van der Waals surface area (Å²) >= 11 is 0. The number of carboxylic acid groups (broad SMARTS) is 1. The van der Waals surface area contributed by atoms with Gasteiger partial charge in [-0.2, -0.15) is 0 Å². The maximum Gasteiger partial charge on any atom is 0.336 e. The molecule has 0 saturated heterocycles. The zero-order valence-corrected chi connectivity index (χ0v) is 16.8. The van der Waals surface area contributed by atoms with Crippen LogP contribution in [0.1, 0.15) is 72.7 Å². The Morgan fingerprint density at radius 1 is 1.00 bits per heavy atom. The smallest absolute Gasteiger partial charge is 0.336 e. The molecule has 0 aliphatic carbocycles. The molecule has 0 aliphatic rings. The molecule has 150 valence electrons. The fourth-order valence-corrected chi connectivity index (χ4v) is 3.17. The molecule has 0 atom stereocenters. The molecule has 28 heavy (non-hydrogen) atoms.